The Hall–Kier alpha value is -2.37. The molecule has 1 fully saturated rings. The second kappa shape index (κ2) is 10.1. The number of hydrogen-bond donors (Lipinski definition) is 1. The number of amides is 1. The van der Waals surface area contributed by atoms with Crippen LogP contribution in [-0.2, 0) is 26.0 Å². The fraction of sp³-hybridized carbons (Fsp3) is 0.474. The largest absolute Gasteiger partial charge is 0.461 e. The number of nitrogens with zero attached hydrogens (tertiary/aromatic N) is 3. The number of sulfonamides is 1. The zero-order valence-corrected chi connectivity index (χ0v) is 18.3. The van der Waals surface area contributed by atoms with E-state index in [2.05, 4.69) is 14.9 Å². The molecule has 1 N–H and O–H groups in total. The third kappa shape index (κ3) is 5.41. The van der Waals surface area contributed by atoms with E-state index < -0.39 is 16.0 Å². The fourth-order valence-corrected chi connectivity index (χ4v) is 5.23. The maximum Gasteiger partial charge on any atom is 0.362 e. The van der Waals surface area contributed by atoms with Crippen LogP contribution in [0.2, 0.25) is 0 Å². The van der Waals surface area contributed by atoms with E-state index >= 15 is 0 Å². The first-order chi connectivity index (χ1) is 14.4. The first kappa shape index (κ1) is 22.3. The highest BCUT2D eigenvalue weighted by molar-refractivity contribution is 7.89. The molecule has 30 heavy (non-hydrogen) atoms. The minimum Gasteiger partial charge on any atom is -0.461 e. The van der Waals surface area contributed by atoms with Crippen molar-refractivity contribution in [3.63, 3.8) is 0 Å². The molecule has 0 saturated carbocycles. The molecule has 11 heteroatoms. The van der Waals surface area contributed by atoms with E-state index in [0.717, 1.165) is 36.4 Å². The van der Waals surface area contributed by atoms with Gasteiger partial charge in [0.1, 0.15) is 0 Å². The van der Waals surface area contributed by atoms with E-state index in [9.17, 15) is 18.0 Å². The number of ether oxygens (including phenoxy) is 1. The topological polar surface area (TPSA) is 119 Å². The minimum absolute atomic E-state index is 0.0116. The molecule has 1 aliphatic rings. The van der Waals surface area contributed by atoms with Crippen LogP contribution in [0.5, 0.6) is 0 Å². The van der Waals surface area contributed by atoms with Crippen LogP contribution in [-0.4, -0.2) is 53.9 Å². The quantitative estimate of drug-likeness (QED) is 0.611. The molecule has 162 valence electrons. The summed E-state index contributed by atoms with van der Waals surface area (Å²) in [5.41, 5.74) is 0.832. The summed E-state index contributed by atoms with van der Waals surface area (Å²) < 4.78 is 35.5. The van der Waals surface area contributed by atoms with Gasteiger partial charge in [0.15, 0.2) is 5.00 Å². The van der Waals surface area contributed by atoms with E-state index in [1.54, 1.807) is 31.2 Å². The normalized spacial score (nSPS) is 15.0. The number of carbonyl (C=O) groups is 2. The van der Waals surface area contributed by atoms with E-state index in [-0.39, 0.29) is 34.5 Å². The maximum absolute atomic E-state index is 12.7. The SMILES string of the molecule is CCOC(=O)c1nnsc1NC(=O)CCc1ccc(S(=O)(=O)N2CCCCC2)cc1. The molecule has 9 nitrogen and oxygen atoms in total. The van der Waals surface area contributed by atoms with Crippen LogP contribution in [0.4, 0.5) is 5.00 Å². The van der Waals surface area contributed by atoms with Crippen LogP contribution >= 0.6 is 11.5 Å². The van der Waals surface area contributed by atoms with Crippen molar-refractivity contribution in [2.75, 3.05) is 25.0 Å². The number of rotatable bonds is 8. The van der Waals surface area contributed by atoms with Gasteiger partial charge in [-0.1, -0.05) is 23.0 Å². The van der Waals surface area contributed by atoms with E-state index in [0.29, 0.717) is 19.5 Å². The van der Waals surface area contributed by atoms with Gasteiger partial charge in [-0.15, -0.1) is 5.10 Å². The predicted molar refractivity (Wildman–Crippen MR) is 112 cm³/mol. The van der Waals surface area contributed by atoms with Gasteiger partial charge in [-0.2, -0.15) is 4.31 Å². The number of nitrogens with one attached hydrogen (secondary N) is 1. The molecule has 0 radical (unpaired) electrons. The molecule has 3 rings (SSSR count). The van der Waals surface area contributed by atoms with Gasteiger partial charge in [-0.3, -0.25) is 4.79 Å². The molecule has 1 aliphatic heterocycles. The lowest BCUT2D eigenvalue weighted by Crippen LogP contribution is -2.35. The number of piperidine rings is 1. The summed E-state index contributed by atoms with van der Waals surface area (Å²) in [4.78, 5) is 24.3. The number of aromatic nitrogens is 2. The summed E-state index contributed by atoms with van der Waals surface area (Å²) in [5, 5.41) is 6.58. The van der Waals surface area contributed by atoms with Gasteiger partial charge in [-0.25, -0.2) is 13.2 Å². The molecular formula is C19H24N4O5S2. The molecule has 0 aliphatic carbocycles. The standard InChI is InChI=1S/C19H24N4O5S2/c1-2-28-19(25)17-18(29-22-21-17)20-16(24)11-8-14-6-9-15(10-7-14)30(26,27)23-12-4-3-5-13-23/h6-7,9-10H,2-5,8,11-13H2,1H3,(H,20,24). The highest BCUT2D eigenvalue weighted by atomic mass is 32.2. The molecule has 1 aromatic heterocycles. The van der Waals surface area contributed by atoms with Crippen LogP contribution in [0, 0.1) is 0 Å². The van der Waals surface area contributed by atoms with Gasteiger partial charge in [0.05, 0.1) is 11.5 Å². The number of hydrogen-bond acceptors (Lipinski definition) is 8. The van der Waals surface area contributed by atoms with Gasteiger partial charge >= 0.3 is 5.97 Å². The Balaban J connectivity index is 1.56. The third-order valence-corrected chi connectivity index (χ3v) is 7.28. The van der Waals surface area contributed by atoms with Crippen molar-refractivity contribution < 1.29 is 22.7 Å². The Labute approximate surface area is 179 Å². The molecule has 1 saturated heterocycles. The molecule has 0 spiro atoms. The number of anilines is 1. The number of esters is 1. The smallest absolute Gasteiger partial charge is 0.362 e. The average molecular weight is 453 g/mol. The molecule has 0 unspecified atom stereocenters. The molecule has 0 bridgehead atoms. The summed E-state index contributed by atoms with van der Waals surface area (Å²) in [5.74, 6) is -0.927. The lowest BCUT2D eigenvalue weighted by Gasteiger charge is -2.25. The molecule has 0 atom stereocenters. The Morgan fingerprint density at radius 3 is 2.53 bits per heavy atom. The molecule has 2 aromatic rings. The van der Waals surface area contributed by atoms with Crippen LogP contribution in [0.25, 0.3) is 0 Å². The molecule has 2 heterocycles. The van der Waals surface area contributed by atoms with Crippen LogP contribution in [0.15, 0.2) is 29.2 Å². The Morgan fingerprint density at radius 1 is 1.17 bits per heavy atom. The minimum atomic E-state index is -3.46. The van der Waals surface area contributed by atoms with Crippen LogP contribution < -0.4 is 5.32 Å². The van der Waals surface area contributed by atoms with Crippen LogP contribution in [0.1, 0.15) is 48.7 Å². The van der Waals surface area contributed by atoms with Gasteiger partial charge in [0, 0.05) is 31.0 Å². The molecular weight excluding hydrogens is 428 g/mol. The molecule has 1 amide bonds. The highest BCUT2D eigenvalue weighted by Crippen LogP contribution is 2.22. The monoisotopic (exact) mass is 452 g/mol. The van der Waals surface area contributed by atoms with Gasteiger partial charge in [0.25, 0.3) is 0 Å². The van der Waals surface area contributed by atoms with Crippen molar-refractivity contribution in [1.29, 1.82) is 0 Å². The van der Waals surface area contributed by atoms with Crippen molar-refractivity contribution in [3.05, 3.63) is 35.5 Å². The summed E-state index contributed by atoms with van der Waals surface area (Å²) in [7, 11) is -3.46. The van der Waals surface area contributed by atoms with Crippen molar-refractivity contribution in [1.82, 2.24) is 13.9 Å². The maximum atomic E-state index is 12.7. The van der Waals surface area contributed by atoms with E-state index in [1.807, 2.05) is 0 Å². The van der Waals surface area contributed by atoms with Crippen LogP contribution in [0.3, 0.4) is 0 Å². The Kier molecular flexibility index (Phi) is 7.51. The van der Waals surface area contributed by atoms with Crippen molar-refractivity contribution in [2.45, 2.75) is 43.9 Å². The number of benzene rings is 1. The zero-order chi connectivity index (χ0) is 21.6. The number of aryl methyl sites for hydroxylation is 1. The van der Waals surface area contributed by atoms with Crippen molar-refractivity contribution in [3.8, 4) is 0 Å². The summed E-state index contributed by atoms with van der Waals surface area (Å²) in [6.07, 6.45) is 3.43. The third-order valence-electron chi connectivity index (χ3n) is 4.73. The zero-order valence-electron chi connectivity index (χ0n) is 16.7. The van der Waals surface area contributed by atoms with E-state index in [1.165, 1.54) is 4.31 Å². The predicted octanol–water partition coefficient (Wildman–Crippen LogP) is 2.46. The summed E-state index contributed by atoms with van der Waals surface area (Å²) in [6.45, 7) is 3.00. The first-order valence-electron chi connectivity index (χ1n) is 9.80. The van der Waals surface area contributed by atoms with Crippen molar-refractivity contribution in [2.24, 2.45) is 0 Å². The second-order valence-electron chi connectivity index (χ2n) is 6.83. The lowest BCUT2D eigenvalue weighted by molar-refractivity contribution is -0.116. The van der Waals surface area contributed by atoms with Gasteiger partial charge < -0.3 is 10.1 Å². The average Bonchev–Trinajstić information content (AvgIpc) is 3.21. The fourth-order valence-electron chi connectivity index (χ4n) is 3.14. The highest BCUT2D eigenvalue weighted by Gasteiger charge is 2.25. The lowest BCUT2D eigenvalue weighted by atomic mass is 10.1. The van der Waals surface area contributed by atoms with Gasteiger partial charge in [-0.05, 0) is 43.9 Å². The summed E-state index contributed by atoms with van der Waals surface area (Å²) >= 11 is 0.907. The molecule has 1 aromatic carbocycles. The summed E-state index contributed by atoms with van der Waals surface area (Å²) in [6, 6.07) is 6.62. The first-order valence-corrected chi connectivity index (χ1v) is 12.0. The van der Waals surface area contributed by atoms with Gasteiger partial charge in [0.2, 0.25) is 21.6 Å². The Morgan fingerprint density at radius 2 is 1.87 bits per heavy atom. The van der Waals surface area contributed by atoms with E-state index in [4.69, 9.17) is 4.74 Å². The van der Waals surface area contributed by atoms with Crippen molar-refractivity contribution >= 4 is 38.4 Å². The number of carbonyl (C=O) groups excluding carboxylic acids is 2. The Bertz CT molecular complexity index is 983. The second-order valence-corrected chi connectivity index (χ2v) is 9.52.